The van der Waals surface area contributed by atoms with Crippen LogP contribution in [0.4, 0.5) is 0 Å². The molecule has 0 saturated heterocycles. The minimum absolute atomic E-state index is 0.0285. The topological polar surface area (TPSA) is 34.1 Å². The fourth-order valence-corrected chi connectivity index (χ4v) is 4.30. The van der Waals surface area contributed by atoms with Crippen molar-refractivity contribution in [1.29, 1.82) is 0 Å². The van der Waals surface area contributed by atoms with Crippen LogP contribution in [-0.2, 0) is 0 Å². The first-order valence-corrected chi connectivity index (χ1v) is 10.1. The Kier molecular flexibility index (Phi) is 4.61. The quantitative estimate of drug-likeness (QED) is 0.498. The first kappa shape index (κ1) is 18.3. The van der Waals surface area contributed by atoms with Gasteiger partial charge < -0.3 is 9.47 Å². The van der Waals surface area contributed by atoms with Gasteiger partial charge in [0.1, 0.15) is 0 Å². The molecule has 2 aliphatic heterocycles. The van der Waals surface area contributed by atoms with E-state index in [-0.39, 0.29) is 6.04 Å². The van der Waals surface area contributed by atoms with Crippen LogP contribution in [0.1, 0.15) is 35.4 Å². The molecule has 0 unspecified atom stereocenters. The zero-order chi connectivity index (χ0) is 20.0. The summed E-state index contributed by atoms with van der Waals surface area (Å²) >= 11 is 12.6. The maximum absolute atomic E-state index is 6.52. The number of fused-ring (bicyclic) bond motifs is 3. The van der Waals surface area contributed by atoms with Crippen LogP contribution in [0.5, 0.6) is 11.5 Å². The van der Waals surface area contributed by atoms with Crippen LogP contribution < -0.4 is 9.47 Å². The van der Waals surface area contributed by atoms with Crippen molar-refractivity contribution in [2.45, 2.75) is 18.7 Å². The van der Waals surface area contributed by atoms with Crippen LogP contribution in [0.2, 0.25) is 10.0 Å². The van der Waals surface area contributed by atoms with E-state index in [1.807, 2.05) is 65.7 Å². The Morgan fingerprint density at radius 3 is 2.48 bits per heavy atom. The highest BCUT2D eigenvalue weighted by atomic mass is 35.5. The average molecular weight is 425 g/mol. The lowest BCUT2D eigenvalue weighted by Gasteiger charge is -2.38. The van der Waals surface area contributed by atoms with E-state index in [1.165, 1.54) is 0 Å². The molecule has 146 valence electrons. The highest BCUT2D eigenvalue weighted by Crippen LogP contribution is 2.51. The molecular formula is C23H18Cl2N2O2. The van der Waals surface area contributed by atoms with E-state index in [0.29, 0.717) is 15.8 Å². The SMILES string of the molecule is COc1cccc2c1O[C@H](c1ccccc1Cl)N1N=C(c3ccc(Cl)cc3)C[C@H]21. The van der Waals surface area contributed by atoms with Crippen molar-refractivity contribution in [3.05, 3.63) is 93.5 Å². The Bertz CT molecular complexity index is 1100. The molecule has 0 radical (unpaired) electrons. The van der Waals surface area contributed by atoms with Gasteiger partial charge in [0, 0.05) is 27.6 Å². The summed E-state index contributed by atoms with van der Waals surface area (Å²) in [4.78, 5) is 0. The van der Waals surface area contributed by atoms with Gasteiger partial charge in [-0.25, -0.2) is 5.01 Å². The minimum atomic E-state index is -0.442. The van der Waals surface area contributed by atoms with Crippen molar-refractivity contribution >= 4 is 28.9 Å². The molecule has 0 saturated carbocycles. The number of methoxy groups -OCH3 is 1. The molecule has 2 atom stereocenters. The van der Waals surface area contributed by atoms with Gasteiger partial charge in [-0.3, -0.25) is 0 Å². The van der Waals surface area contributed by atoms with Gasteiger partial charge in [-0.1, -0.05) is 65.7 Å². The smallest absolute Gasteiger partial charge is 0.215 e. The molecule has 0 N–H and O–H groups in total. The van der Waals surface area contributed by atoms with Crippen LogP contribution in [0.15, 0.2) is 71.8 Å². The van der Waals surface area contributed by atoms with E-state index in [9.17, 15) is 0 Å². The molecule has 3 aromatic carbocycles. The summed E-state index contributed by atoms with van der Waals surface area (Å²) in [5.41, 5.74) is 3.96. The molecule has 3 aromatic rings. The van der Waals surface area contributed by atoms with Gasteiger partial charge >= 0.3 is 0 Å². The number of halogens is 2. The molecular weight excluding hydrogens is 407 g/mol. The van der Waals surface area contributed by atoms with Crippen LogP contribution in [0.3, 0.4) is 0 Å². The van der Waals surface area contributed by atoms with Crippen molar-refractivity contribution in [3.8, 4) is 11.5 Å². The summed E-state index contributed by atoms with van der Waals surface area (Å²) in [5, 5.41) is 8.30. The fourth-order valence-electron chi connectivity index (χ4n) is 3.94. The molecule has 4 nitrogen and oxygen atoms in total. The monoisotopic (exact) mass is 424 g/mol. The largest absolute Gasteiger partial charge is 0.493 e. The first-order chi connectivity index (χ1) is 14.2. The molecule has 0 spiro atoms. The molecule has 5 rings (SSSR count). The second kappa shape index (κ2) is 7.29. The van der Waals surface area contributed by atoms with Crippen molar-refractivity contribution < 1.29 is 9.47 Å². The highest BCUT2D eigenvalue weighted by molar-refractivity contribution is 6.31. The lowest BCUT2D eigenvalue weighted by Crippen LogP contribution is -2.34. The maximum atomic E-state index is 6.52. The molecule has 0 bridgehead atoms. The number of ether oxygens (including phenoxy) is 2. The van der Waals surface area contributed by atoms with E-state index in [1.54, 1.807) is 7.11 Å². The number of hydrogen-bond acceptors (Lipinski definition) is 4. The van der Waals surface area contributed by atoms with E-state index < -0.39 is 6.23 Å². The average Bonchev–Trinajstić information content (AvgIpc) is 3.19. The summed E-state index contributed by atoms with van der Waals surface area (Å²) < 4.78 is 12.0. The number of para-hydroxylation sites is 1. The third kappa shape index (κ3) is 3.13. The number of rotatable bonds is 3. The normalized spacial score (nSPS) is 19.8. The number of hydrogen-bond donors (Lipinski definition) is 0. The highest BCUT2D eigenvalue weighted by Gasteiger charge is 2.42. The van der Waals surface area contributed by atoms with E-state index in [4.69, 9.17) is 37.8 Å². The molecule has 0 fully saturated rings. The van der Waals surface area contributed by atoms with Crippen molar-refractivity contribution in [1.82, 2.24) is 5.01 Å². The molecule has 0 amide bonds. The van der Waals surface area contributed by atoms with Crippen molar-refractivity contribution in [2.24, 2.45) is 5.10 Å². The first-order valence-electron chi connectivity index (χ1n) is 9.35. The second-order valence-electron chi connectivity index (χ2n) is 7.02. The Labute approximate surface area is 179 Å². The summed E-state index contributed by atoms with van der Waals surface area (Å²) in [7, 11) is 1.65. The number of hydrazone groups is 1. The molecule has 0 aromatic heterocycles. The third-order valence-electron chi connectivity index (χ3n) is 5.35. The summed E-state index contributed by atoms with van der Waals surface area (Å²) in [5.74, 6) is 1.45. The summed E-state index contributed by atoms with van der Waals surface area (Å²) in [6.45, 7) is 0. The lowest BCUT2D eigenvalue weighted by molar-refractivity contribution is -0.0208. The van der Waals surface area contributed by atoms with Crippen LogP contribution in [0.25, 0.3) is 0 Å². The summed E-state index contributed by atoms with van der Waals surface area (Å²) in [6, 6.07) is 21.5. The molecule has 29 heavy (non-hydrogen) atoms. The Morgan fingerprint density at radius 2 is 1.72 bits per heavy atom. The van der Waals surface area contributed by atoms with Gasteiger partial charge in [0.15, 0.2) is 11.5 Å². The van der Waals surface area contributed by atoms with E-state index >= 15 is 0 Å². The van der Waals surface area contributed by atoms with Crippen LogP contribution >= 0.6 is 23.2 Å². The zero-order valence-corrected chi connectivity index (χ0v) is 17.2. The van der Waals surface area contributed by atoms with Gasteiger partial charge in [-0.2, -0.15) is 5.10 Å². The molecule has 2 heterocycles. The fraction of sp³-hybridized carbons (Fsp3) is 0.174. The Morgan fingerprint density at radius 1 is 0.966 bits per heavy atom. The van der Waals surface area contributed by atoms with Gasteiger partial charge in [0.2, 0.25) is 6.23 Å². The standard InChI is InChI=1S/C23H18Cl2N2O2/c1-28-21-8-4-6-17-20-13-19(14-9-11-15(24)12-10-14)26-27(20)23(29-22(17)21)16-5-2-3-7-18(16)25/h2-12,20,23H,13H2,1H3/t20-,23-/m1/s1. The zero-order valence-electron chi connectivity index (χ0n) is 15.7. The van der Waals surface area contributed by atoms with E-state index in [2.05, 4.69) is 6.07 Å². The van der Waals surface area contributed by atoms with Crippen LogP contribution in [0, 0.1) is 0 Å². The van der Waals surface area contributed by atoms with Gasteiger partial charge in [-0.05, 0) is 29.8 Å². The van der Waals surface area contributed by atoms with Crippen LogP contribution in [-0.4, -0.2) is 17.8 Å². The number of benzene rings is 3. The van der Waals surface area contributed by atoms with Gasteiger partial charge in [0.05, 0.1) is 18.9 Å². The van der Waals surface area contributed by atoms with Gasteiger partial charge in [0.25, 0.3) is 0 Å². The number of nitrogens with zero attached hydrogens (tertiary/aromatic N) is 2. The third-order valence-corrected chi connectivity index (χ3v) is 5.95. The van der Waals surface area contributed by atoms with Crippen molar-refractivity contribution in [3.63, 3.8) is 0 Å². The predicted molar refractivity (Wildman–Crippen MR) is 115 cm³/mol. The molecule has 2 aliphatic rings. The predicted octanol–water partition coefficient (Wildman–Crippen LogP) is 6.24. The second-order valence-corrected chi connectivity index (χ2v) is 7.87. The lowest BCUT2D eigenvalue weighted by atomic mass is 9.95. The Balaban J connectivity index is 1.63. The molecule has 0 aliphatic carbocycles. The maximum Gasteiger partial charge on any atom is 0.215 e. The molecule has 6 heteroatoms. The van der Waals surface area contributed by atoms with Gasteiger partial charge in [-0.15, -0.1) is 0 Å². The minimum Gasteiger partial charge on any atom is -0.493 e. The Hall–Kier alpha value is -2.69. The van der Waals surface area contributed by atoms with Crippen molar-refractivity contribution in [2.75, 3.05) is 7.11 Å². The summed E-state index contributed by atoms with van der Waals surface area (Å²) in [6.07, 6.45) is 0.314. The van der Waals surface area contributed by atoms with E-state index in [0.717, 1.165) is 34.6 Å².